The summed E-state index contributed by atoms with van der Waals surface area (Å²) < 4.78 is 6.97. The lowest BCUT2D eigenvalue weighted by molar-refractivity contribution is -0.118. The minimum absolute atomic E-state index is 0.253. The zero-order valence-corrected chi connectivity index (χ0v) is 10.3. The SMILES string of the molecule is CCOCCCC(=O)Cc1cc(C)nn1C. The molecule has 1 rings (SSSR count). The number of carbonyl (C=O) groups is 1. The Morgan fingerprint density at radius 3 is 2.88 bits per heavy atom. The van der Waals surface area contributed by atoms with Gasteiger partial charge in [0.05, 0.1) is 5.69 Å². The molecule has 16 heavy (non-hydrogen) atoms. The smallest absolute Gasteiger partial charge is 0.138 e. The van der Waals surface area contributed by atoms with E-state index in [1.807, 2.05) is 27.0 Å². The second kappa shape index (κ2) is 6.43. The van der Waals surface area contributed by atoms with Crippen molar-refractivity contribution in [2.45, 2.75) is 33.1 Å². The number of aryl methyl sites for hydroxylation is 2. The van der Waals surface area contributed by atoms with Crippen LogP contribution in [0.3, 0.4) is 0 Å². The largest absolute Gasteiger partial charge is 0.382 e. The van der Waals surface area contributed by atoms with Gasteiger partial charge in [-0.1, -0.05) is 0 Å². The minimum atomic E-state index is 0.253. The third kappa shape index (κ3) is 4.14. The van der Waals surface area contributed by atoms with Crippen molar-refractivity contribution in [3.63, 3.8) is 0 Å². The first-order valence-corrected chi connectivity index (χ1v) is 5.72. The number of ether oxygens (including phenoxy) is 1. The Kier molecular flexibility index (Phi) is 5.19. The maximum atomic E-state index is 11.6. The van der Waals surface area contributed by atoms with Crippen LogP contribution in [0, 0.1) is 6.92 Å². The summed E-state index contributed by atoms with van der Waals surface area (Å²) >= 11 is 0. The Morgan fingerprint density at radius 1 is 1.56 bits per heavy atom. The Labute approximate surface area is 96.6 Å². The van der Waals surface area contributed by atoms with Crippen molar-refractivity contribution in [3.8, 4) is 0 Å². The molecule has 4 heteroatoms. The van der Waals surface area contributed by atoms with Gasteiger partial charge < -0.3 is 4.74 Å². The molecule has 0 saturated carbocycles. The van der Waals surface area contributed by atoms with Crippen molar-refractivity contribution < 1.29 is 9.53 Å². The summed E-state index contributed by atoms with van der Waals surface area (Å²) in [7, 11) is 1.87. The predicted octanol–water partition coefficient (Wildman–Crippen LogP) is 1.66. The highest BCUT2D eigenvalue weighted by atomic mass is 16.5. The van der Waals surface area contributed by atoms with E-state index in [4.69, 9.17) is 4.74 Å². The van der Waals surface area contributed by atoms with Gasteiger partial charge in [0, 0.05) is 38.8 Å². The van der Waals surface area contributed by atoms with Crippen LogP contribution in [0.2, 0.25) is 0 Å². The summed E-state index contributed by atoms with van der Waals surface area (Å²) in [6.07, 6.45) is 1.87. The number of nitrogens with zero attached hydrogens (tertiary/aromatic N) is 2. The van der Waals surface area contributed by atoms with E-state index < -0.39 is 0 Å². The third-order valence-corrected chi connectivity index (χ3v) is 2.43. The first kappa shape index (κ1) is 12.9. The number of hydrogen-bond acceptors (Lipinski definition) is 3. The van der Waals surface area contributed by atoms with Gasteiger partial charge >= 0.3 is 0 Å². The van der Waals surface area contributed by atoms with Gasteiger partial charge in [0.25, 0.3) is 0 Å². The molecule has 0 fully saturated rings. The van der Waals surface area contributed by atoms with Crippen LogP contribution in [0.1, 0.15) is 31.2 Å². The highest BCUT2D eigenvalue weighted by molar-refractivity contribution is 5.80. The normalized spacial score (nSPS) is 10.7. The van der Waals surface area contributed by atoms with Gasteiger partial charge in [0.2, 0.25) is 0 Å². The molecule has 0 spiro atoms. The van der Waals surface area contributed by atoms with Gasteiger partial charge in [-0.05, 0) is 26.3 Å². The molecule has 0 amide bonds. The van der Waals surface area contributed by atoms with Gasteiger partial charge in [-0.2, -0.15) is 5.10 Å². The van der Waals surface area contributed by atoms with Gasteiger partial charge in [-0.3, -0.25) is 9.48 Å². The van der Waals surface area contributed by atoms with Crippen LogP contribution in [-0.4, -0.2) is 28.8 Å². The maximum Gasteiger partial charge on any atom is 0.138 e. The number of hydrogen-bond donors (Lipinski definition) is 0. The van der Waals surface area contributed by atoms with E-state index in [2.05, 4.69) is 5.10 Å². The summed E-state index contributed by atoms with van der Waals surface area (Å²) in [4.78, 5) is 11.6. The Morgan fingerprint density at radius 2 is 2.31 bits per heavy atom. The standard InChI is InChI=1S/C12H20N2O2/c1-4-16-7-5-6-12(15)9-11-8-10(2)13-14(11)3/h8H,4-7,9H2,1-3H3. The Balaban J connectivity index is 2.31. The van der Waals surface area contributed by atoms with Crippen LogP contribution < -0.4 is 0 Å². The topological polar surface area (TPSA) is 44.1 Å². The molecule has 0 aliphatic carbocycles. The predicted molar refractivity (Wildman–Crippen MR) is 62.4 cm³/mol. The summed E-state index contributed by atoms with van der Waals surface area (Å²) in [5.74, 6) is 0.253. The number of carbonyl (C=O) groups excluding carboxylic acids is 1. The van der Waals surface area contributed by atoms with Crippen molar-refractivity contribution >= 4 is 5.78 Å². The second-order valence-corrected chi connectivity index (χ2v) is 3.92. The highest BCUT2D eigenvalue weighted by Gasteiger charge is 2.08. The number of Topliss-reactive ketones (excluding diaryl/α,β-unsaturated/α-hetero) is 1. The molecule has 0 saturated heterocycles. The fourth-order valence-electron chi connectivity index (χ4n) is 1.64. The van der Waals surface area contributed by atoms with Crippen LogP contribution in [0.15, 0.2) is 6.07 Å². The molecular formula is C12H20N2O2. The van der Waals surface area contributed by atoms with E-state index in [0.29, 0.717) is 19.4 Å². The first-order valence-electron chi connectivity index (χ1n) is 5.72. The molecule has 1 aromatic heterocycles. The second-order valence-electron chi connectivity index (χ2n) is 3.92. The quantitative estimate of drug-likeness (QED) is 0.662. The maximum absolute atomic E-state index is 11.6. The van der Waals surface area contributed by atoms with Crippen molar-refractivity contribution in [1.29, 1.82) is 0 Å². The van der Waals surface area contributed by atoms with Crippen molar-refractivity contribution in [2.75, 3.05) is 13.2 Å². The fraction of sp³-hybridized carbons (Fsp3) is 0.667. The van der Waals surface area contributed by atoms with E-state index in [1.165, 1.54) is 0 Å². The van der Waals surface area contributed by atoms with E-state index in [0.717, 1.165) is 24.4 Å². The molecule has 4 nitrogen and oxygen atoms in total. The van der Waals surface area contributed by atoms with Crippen LogP contribution >= 0.6 is 0 Å². The summed E-state index contributed by atoms with van der Waals surface area (Å²) in [5.41, 5.74) is 1.94. The van der Waals surface area contributed by atoms with Gasteiger partial charge in [0.1, 0.15) is 5.78 Å². The lowest BCUT2D eigenvalue weighted by atomic mass is 10.1. The molecule has 0 N–H and O–H groups in total. The summed E-state index contributed by atoms with van der Waals surface area (Å²) in [5, 5.41) is 4.21. The molecule has 0 aromatic carbocycles. The summed E-state index contributed by atoms with van der Waals surface area (Å²) in [6, 6.07) is 1.96. The Bertz CT molecular complexity index is 345. The molecule has 0 atom stereocenters. The molecule has 0 aliphatic heterocycles. The van der Waals surface area contributed by atoms with Crippen molar-refractivity contribution in [1.82, 2.24) is 9.78 Å². The van der Waals surface area contributed by atoms with Crippen LogP contribution in [0.5, 0.6) is 0 Å². The molecule has 0 radical (unpaired) electrons. The van der Waals surface area contributed by atoms with Gasteiger partial charge in [-0.15, -0.1) is 0 Å². The molecular weight excluding hydrogens is 204 g/mol. The highest BCUT2D eigenvalue weighted by Crippen LogP contribution is 2.05. The number of aromatic nitrogens is 2. The third-order valence-electron chi connectivity index (χ3n) is 2.43. The lowest BCUT2D eigenvalue weighted by Crippen LogP contribution is -2.08. The van der Waals surface area contributed by atoms with E-state index in [1.54, 1.807) is 4.68 Å². The van der Waals surface area contributed by atoms with Crippen LogP contribution in [-0.2, 0) is 23.0 Å². The summed E-state index contributed by atoms with van der Waals surface area (Å²) in [6.45, 7) is 5.28. The molecule has 1 aromatic rings. The Hall–Kier alpha value is -1.16. The first-order chi connectivity index (χ1) is 7.63. The van der Waals surface area contributed by atoms with E-state index >= 15 is 0 Å². The number of rotatable bonds is 7. The van der Waals surface area contributed by atoms with Crippen LogP contribution in [0.4, 0.5) is 0 Å². The molecule has 0 aliphatic rings. The molecule has 1 heterocycles. The average Bonchev–Trinajstić information content (AvgIpc) is 2.52. The molecule has 90 valence electrons. The molecule has 0 bridgehead atoms. The van der Waals surface area contributed by atoms with Crippen molar-refractivity contribution in [2.24, 2.45) is 7.05 Å². The number of ketones is 1. The zero-order chi connectivity index (χ0) is 12.0. The van der Waals surface area contributed by atoms with E-state index in [9.17, 15) is 4.79 Å². The minimum Gasteiger partial charge on any atom is -0.382 e. The fourth-order valence-corrected chi connectivity index (χ4v) is 1.64. The monoisotopic (exact) mass is 224 g/mol. The lowest BCUT2D eigenvalue weighted by Gasteiger charge is -2.02. The van der Waals surface area contributed by atoms with Crippen LogP contribution in [0.25, 0.3) is 0 Å². The van der Waals surface area contributed by atoms with Gasteiger partial charge in [0.15, 0.2) is 0 Å². The van der Waals surface area contributed by atoms with Crippen molar-refractivity contribution in [3.05, 3.63) is 17.5 Å². The zero-order valence-electron chi connectivity index (χ0n) is 10.3. The van der Waals surface area contributed by atoms with E-state index in [-0.39, 0.29) is 5.78 Å². The van der Waals surface area contributed by atoms with Gasteiger partial charge in [-0.25, -0.2) is 0 Å². The molecule has 0 unspecified atom stereocenters. The average molecular weight is 224 g/mol.